The Bertz CT molecular complexity index is 608. The van der Waals surface area contributed by atoms with Crippen LogP contribution in [-0.2, 0) is 24.6 Å². The zero-order valence-electron chi connectivity index (χ0n) is 12.8. The van der Waals surface area contributed by atoms with Gasteiger partial charge < -0.3 is 15.2 Å². The highest BCUT2D eigenvalue weighted by molar-refractivity contribution is 6.06. The third-order valence-corrected chi connectivity index (χ3v) is 2.75. The summed E-state index contributed by atoms with van der Waals surface area (Å²) in [5.74, 6) is -2.27. The molecule has 0 radical (unpaired) electrons. The van der Waals surface area contributed by atoms with E-state index >= 15 is 0 Å². The minimum atomic E-state index is -2.42. The average molecular weight is 310 g/mol. The van der Waals surface area contributed by atoms with Gasteiger partial charge in [0.05, 0.1) is 17.6 Å². The molecule has 1 rings (SSSR count). The summed E-state index contributed by atoms with van der Waals surface area (Å²) in [6.45, 7) is 4.76. The number of carbonyl (C=O) groups is 2. The Morgan fingerprint density at radius 2 is 1.73 bits per heavy atom. The molecule has 1 unspecified atom stereocenters. The molecule has 1 aromatic carbocycles. The van der Waals surface area contributed by atoms with Crippen molar-refractivity contribution in [3.8, 4) is 0 Å². The quantitative estimate of drug-likeness (QED) is 0.384. The number of benzene rings is 1. The normalized spacial score (nSPS) is 13.9. The minimum Gasteiger partial charge on any atom is -0.467 e. The molecule has 0 fully saturated rings. The second-order valence-electron chi connectivity index (χ2n) is 5.58. The van der Waals surface area contributed by atoms with Gasteiger partial charge in [0, 0.05) is 6.07 Å². The van der Waals surface area contributed by atoms with Crippen LogP contribution in [0.1, 0.15) is 26.3 Å². The highest BCUT2D eigenvalue weighted by atomic mass is 16.6. The topological polar surface area (TPSA) is 122 Å². The van der Waals surface area contributed by atoms with Crippen LogP contribution in [0.25, 0.3) is 0 Å². The first-order valence-electron chi connectivity index (χ1n) is 6.38. The van der Waals surface area contributed by atoms with Crippen molar-refractivity contribution in [3.05, 3.63) is 39.9 Å². The van der Waals surface area contributed by atoms with Crippen LogP contribution in [0.15, 0.2) is 24.3 Å². The fourth-order valence-corrected chi connectivity index (χ4v) is 1.79. The van der Waals surface area contributed by atoms with Crippen LogP contribution in [0.2, 0.25) is 0 Å². The molecule has 2 N–H and O–H groups in total. The summed E-state index contributed by atoms with van der Waals surface area (Å²) < 4.78 is 9.68. The number of carbonyl (C=O) groups excluding carboxylic acids is 2. The van der Waals surface area contributed by atoms with E-state index < -0.39 is 33.7 Å². The van der Waals surface area contributed by atoms with Crippen LogP contribution in [0.4, 0.5) is 5.69 Å². The standard InChI is InChI=1S/C14H18N2O6/c1-13(2,3)22-12(18)14(15,11(17)21-4)9-7-5-6-8-10(9)16(19)20/h5-8H,15H2,1-4H3. The second kappa shape index (κ2) is 6.10. The van der Waals surface area contributed by atoms with E-state index in [1.54, 1.807) is 20.8 Å². The van der Waals surface area contributed by atoms with E-state index in [1.165, 1.54) is 18.2 Å². The lowest BCUT2D eigenvalue weighted by Gasteiger charge is -2.29. The first-order chi connectivity index (χ1) is 10.0. The molecule has 0 spiro atoms. The number of nitro benzene ring substituents is 1. The number of para-hydroxylation sites is 1. The fourth-order valence-electron chi connectivity index (χ4n) is 1.79. The van der Waals surface area contributed by atoms with Crippen molar-refractivity contribution in [1.29, 1.82) is 0 Å². The summed E-state index contributed by atoms with van der Waals surface area (Å²) in [4.78, 5) is 34.9. The van der Waals surface area contributed by atoms with E-state index in [0.717, 1.165) is 13.2 Å². The third kappa shape index (κ3) is 3.40. The Morgan fingerprint density at radius 1 is 1.18 bits per heavy atom. The molecule has 0 aromatic heterocycles. The maximum absolute atomic E-state index is 12.4. The van der Waals surface area contributed by atoms with Gasteiger partial charge in [0.1, 0.15) is 5.60 Å². The monoisotopic (exact) mass is 310 g/mol. The number of nitrogens with zero attached hydrogens (tertiary/aromatic N) is 1. The van der Waals surface area contributed by atoms with Gasteiger partial charge in [-0.1, -0.05) is 12.1 Å². The molecule has 0 aliphatic carbocycles. The van der Waals surface area contributed by atoms with Gasteiger partial charge >= 0.3 is 11.9 Å². The molecule has 0 bridgehead atoms. The minimum absolute atomic E-state index is 0.291. The maximum Gasteiger partial charge on any atom is 0.343 e. The molecular formula is C14H18N2O6. The summed E-state index contributed by atoms with van der Waals surface area (Å²) >= 11 is 0. The zero-order valence-corrected chi connectivity index (χ0v) is 12.8. The van der Waals surface area contributed by atoms with Crippen LogP contribution in [0, 0.1) is 10.1 Å². The van der Waals surface area contributed by atoms with Crippen LogP contribution >= 0.6 is 0 Å². The van der Waals surface area contributed by atoms with Crippen molar-refractivity contribution < 1.29 is 24.0 Å². The summed E-state index contributed by atoms with van der Waals surface area (Å²) in [7, 11) is 1.03. The van der Waals surface area contributed by atoms with Crippen LogP contribution < -0.4 is 5.73 Å². The van der Waals surface area contributed by atoms with Gasteiger partial charge in [0.2, 0.25) is 5.54 Å². The second-order valence-corrected chi connectivity index (χ2v) is 5.58. The molecule has 8 heteroatoms. The average Bonchev–Trinajstić information content (AvgIpc) is 2.43. The molecule has 0 heterocycles. The van der Waals surface area contributed by atoms with Gasteiger partial charge in [0.25, 0.3) is 5.69 Å². The zero-order chi connectivity index (χ0) is 17.1. The molecule has 0 aliphatic rings. The van der Waals surface area contributed by atoms with E-state index in [4.69, 9.17) is 10.5 Å². The predicted molar refractivity (Wildman–Crippen MR) is 76.8 cm³/mol. The van der Waals surface area contributed by atoms with Crippen molar-refractivity contribution in [2.45, 2.75) is 31.9 Å². The molecule has 0 amide bonds. The number of methoxy groups -OCH3 is 1. The summed E-state index contributed by atoms with van der Waals surface area (Å²) in [6, 6.07) is 5.19. The van der Waals surface area contributed by atoms with E-state index in [1.807, 2.05) is 0 Å². The van der Waals surface area contributed by atoms with Gasteiger partial charge in [-0.2, -0.15) is 0 Å². The molecule has 120 valence electrons. The predicted octanol–water partition coefficient (Wildman–Crippen LogP) is 1.26. The van der Waals surface area contributed by atoms with Gasteiger partial charge in [-0.25, -0.2) is 9.59 Å². The van der Waals surface area contributed by atoms with E-state index in [2.05, 4.69) is 4.74 Å². The largest absolute Gasteiger partial charge is 0.467 e. The van der Waals surface area contributed by atoms with Crippen LogP contribution in [0.3, 0.4) is 0 Å². The Hall–Kier alpha value is -2.48. The first kappa shape index (κ1) is 17.6. The van der Waals surface area contributed by atoms with Crippen molar-refractivity contribution in [3.63, 3.8) is 0 Å². The smallest absolute Gasteiger partial charge is 0.343 e. The van der Waals surface area contributed by atoms with E-state index in [-0.39, 0.29) is 5.56 Å². The SMILES string of the molecule is COC(=O)C(N)(C(=O)OC(C)(C)C)c1ccccc1[N+](=O)[O-]. The third-order valence-electron chi connectivity index (χ3n) is 2.75. The molecule has 1 aromatic rings. The number of ether oxygens (including phenoxy) is 2. The Labute approximate surface area is 127 Å². The van der Waals surface area contributed by atoms with Crippen molar-refractivity contribution >= 4 is 17.6 Å². The van der Waals surface area contributed by atoms with Crippen molar-refractivity contribution in [1.82, 2.24) is 0 Å². The summed E-state index contributed by atoms with van der Waals surface area (Å²) in [5, 5.41) is 11.1. The first-order valence-corrected chi connectivity index (χ1v) is 6.38. The number of nitro groups is 1. The molecule has 0 saturated carbocycles. The fraction of sp³-hybridized carbons (Fsp3) is 0.429. The number of esters is 2. The summed E-state index contributed by atoms with van der Waals surface area (Å²) in [6.07, 6.45) is 0. The molecule has 22 heavy (non-hydrogen) atoms. The molecular weight excluding hydrogens is 292 g/mol. The maximum atomic E-state index is 12.4. The number of hydrogen-bond acceptors (Lipinski definition) is 7. The van der Waals surface area contributed by atoms with E-state index in [9.17, 15) is 19.7 Å². The van der Waals surface area contributed by atoms with Gasteiger partial charge in [0.15, 0.2) is 0 Å². The van der Waals surface area contributed by atoms with Crippen molar-refractivity contribution in [2.75, 3.05) is 7.11 Å². The van der Waals surface area contributed by atoms with Crippen LogP contribution in [0.5, 0.6) is 0 Å². The summed E-state index contributed by atoms with van der Waals surface area (Å²) in [5.41, 5.74) is 1.79. The van der Waals surface area contributed by atoms with Gasteiger partial charge in [-0.15, -0.1) is 0 Å². The molecule has 8 nitrogen and oxygen atoms in total. The Morgan fingerprint density at radius 3 is 2.18 bits per heavy atom. The molecule has 0 saturated heterocycles. The highest BCUT2D eigenvalue weighted by Gasteiger charge is 2.51. The number of nitrogens with two attached hydrogens (primary N) is 1. The van der Waals surface area contributed by atoms with Gasteiger partial charge in [-0.3, -0.25) is 10.1 Å². The molecule has 0 aliphatic heterocycles. The highest BCUT2D eigenvalue weighted by Crippen LogP contribution is 2.31. The van der Waals surface area contributed by atoms with E-state index in [0.29, 0.717) is 0 Å². The number of rotatable bonds is 4. The lowest BCUT2D eigenvalue weighted by Crippen LogP contribution is -2.55. The Balaban J connectivity index is 3.51. The number of hydrogen-bond donors (Lipinski definition) is 1. The van der Waals surface area contributed by atoms with Gasteiger partial charge in [-0.05, 0) is 26.8 Å². The Kier molecular flexibility index (Phi) is 4.87. The van der Waals surface area contributed by atoms with Crippen molar-refractivity contribution in [2.24, 2.45) is 5.73 Å². The molecule has 1 atom stereocenters. The lowest BCUT2D eigenvalue weighted by molar-refractivity contribution is -0.386. The van der Waals surface area contributed by atoms with Crippen LogP contribution in [-0.4, -0.2) is 29.6 Å². The lowest BCUT2D eigenvalue weighted by atomic mass is 9.89.